The lowest BCUT2D eigenvalue weighted by Gasteiger charge is -2.22. The van der Waals surface area contributed by atoms with Crippen molar-refractivity contribution in [3.63, 3.8) is 0 Å². The van der Waals surface area contributed by atoms with Gasteiger partial charge in [-0.2, -0.15) is 0 Å². The summed E-state index contributed by atoms with van der Waals surface area (Å²) in [6.45, 7) is 0. The number of benzene rings is 2. The molecule has 4 aromatic rings. The van der Waals surface area contributed by atoms with Crippen molar-refractivity contribution in [1.29, 1.82) is 0 Å². The zero-order valence-electron chi connectivity index (χ0n) is 14.1. The minimum atomic E-state index is -0.816. The monoisotopic (exact) mass is 456 g/mol. The van der Waals surface area contributed by atoms with E-state index in [9.17, 15) is 14.0 Å². The van der Waals surface area contributed by atoms with Crippen molar-refractivity contribution >= 4 is 49.3 Å². The van der Waals surface area contributed by atoms with E-state index in [-0.39, 0.29) is 16.8 Å². The van der Waals surface area contributed by atoms with E-state index in [1.165, 1.54) is 28.4 Å². The number of amides is 1. The molecule has 0 N–H and O–H groups in total. The summed E-state index contributed by atoms with van der Waals surface area (Å²) in [5.41, 5.74) is 0.666. The molecular formula is C20H10BrFN2O3S. The Morgan fingerprint density at radius 3 is 2.79 bits per heavy atom. The summed E-state index contributed by atoms with van der Waals surface area (Å²) in [6.07, 6.45) is 1.57. The van der Waals surface area contributed by atoms with Gasteiger partial charge in [0.1, 0.15) is 11.4 Å². The van der Waals surface area contributed by atoms with Gasteiger partial charge in [0.15, 0.2) is 10.6 Å². The highest BCUT2D eigenvalue weighted by Gasteiger charge is 2.44. The molecular weight excluding hydrogens is 447 g/mol. The number of fused-ring (bicyclic) bond motifs is 2. The molecule has 0 saturated heterocycles. The Hall–Kier alpha value is -2.84. The normalized spacial score (nSPS) is 16.0. The second-order valence-corrected chi connectivity index (χ2v) is 8.05. The Balaban J connectivity index is 1.85. The van der Waals surface area contributed by atoms with Crippen LogP contribution in [0.4, 0.5) is 9.52 Å². The first kappa shape index (κ1) is 17.3. The minimum Gasteiger partial charge on any atom is -0.450 e. The minimum absolute atomic E-state index is 0.0377. The quantitative estimate of drug-likeness (QED) is 0.430. The van der Waals surface area contributed by atoms with Gasteiger partial charge in [-0.25, -0.2) is 9.37 Å². The molecule has 8 heteroatoms. The van der Waals surface area contributed by atoms with E-state index < -0.39 is 17.8 Å². The lowest BCUT2D eigenvalue weighted by atomic mass is 9.98. The number of anilines is 1. The molecule has 0 radical (unpaired) electrons. The van der Waals surface area contributed by atoms with Crippen LogP contribution < -0.4 is 10.3 Å². The van der Waals surface area contributed by atoms with E-state index in [2.05, 4.69) is 20.9 Å². The molecule has 28 heavy (non-hydrogen) atoms. The standard InChI is InChI=1S/C20H10BrFN2O3S/c21-11-4-5-14-13(9-11)17(25)15-16(10-2-1-3-12(22)8-10)24(19(26)18(15)27-14)20-23-6-7-28-20/h1-9,16H. The molecule has 5 rings (SSSR count). The maximum atomic E-state index is 13.9. The third-order valence-corrected chi connectivity index (χ3v) is 5.89. The predicted molar refractivity (Wildman–Crippen MR) is 107 cm³/mol. The largest absolute Gasteiger partial charge is 0.450 e. The van der Waals surface area contributed by atoms with Gasteiger partial charge in [-0.1, -0.05) is 28.1 Å². The molecule has 0 saturated carbocycles. The zero-order valence-corrected chi connectivity index (χ0v) is 16.5. The number of aromatic nitrogens is 1. The maximum absolute atomic E-state index is 13.9. The average Bonchev–Trinajstić information content (AvgIpc) is 3.29. The molecule has 0 fully saturated rings. The van der Waals surface area contributed by atoms with Gasteiger partial charge in [0.2, 0.25) is 5.76 Å². The first-order valence-electron chi connectivity index (χ1n) is 8.29. The molecule has 1 atom stereocenters. The lowest BCUT2D eigenvalue weighted by Crippen LogP contribution is -2.29. The topological polar surface area (TPSA) is 63.4 Å². The van der Waals surface area contributed by atoms with Crippen LogP contribution in [0.5, 0.6) is 0 Å². The van der Waals surface area contributed by atoms with E-state index in [0.717, 1.165) is 4.47 Å². The summed E-state index contributed by atoms with van der Waals surface area (Å²) in [4.78, 5) is 32.1. The Morgan fingerprint density at radius 2 is 2.04 bits per heavy atom. The molecule has 2 aromatic heterocycles. The van der Waals surface area contributed by atoms with Gasteiger partial charge in [-0.15, -0.1) is 11.3 Å². The van der Waals surface area contributed by atoms with Crippen molar-refractivity contribution in [2.45, 2.75) is 6.04 Å². The van der Waals surface area contributed by atoms with Crippen LogP contribution in [-0.4, -0.2) is 10.9 Å². The molecule has 1 unspecified atom stereocenters. The van der Waals surface area contributed by atoms with Crippen molar-refractivity contribution in [3.8, 4) is 0 Å². The number of thiazole rings is 1. The Labute approximate surface area is 170 Å². The molecule has 2 aromatic carbocycles. The summed E-state index contributed by atoms with van der Waals surface area (Å²) in [5.74, 6) is -0.962. The van der Waals surface area contributed by atoms with E-state index in [1.807, 2.05) is 0 Å². The molecule has 0 bridgehead atoms. The predicted octanol–water partition coefficient (Wildman–Crippen LogP) is 4.90. The molecule has 3 heterocycles. The first-order valence-corrected chi connectivity index (χ1v) is 9.96. The van der Waals surface area contributed by atoms with Crippen molar-refractivity contribution < 1.29 is 13.6 Å². The van der Waals surface area contributed by atoms with E-state index in [0.29, 0.717) is 21.7 Å². The van der Waals surface area contributed by atoms with Crippen LogP contribution in [0, 0.1) is 5.82 Å². The molecule has 1 aliphatic heterocycles. The van der Waals surface area contributed by atoms with Gasteiger partial charge in [-0.3, -0.25) is 14.5 Å². The Kier molecular flexibility index (Phi) is 3.92. The fraction of sp³-hybridized carbons (Fsp3) is 0.0500. The first-order chi connectivity index (χ1) is 13.5. The third-order valence-electron chi connectivity index (χ3n) is 4.62. The molecule has 1 amide bonds. The van der Waals surface area contributed by atoms with Gasteiger partial charge in [-0.05, 0) is 35.9 Å². The Morgan fingerprint density at radius 1 is 1.18 bits per heavy atom. The SMILES string of the molecule is O=C1c2oc3ccc(Br)cc3c(=O)c2C(c2cccc(F)c2)N1c1nccs1. The lowest BCUT2D eigenvalue weighted by molar-refractivity contribution is 0.0971. The van der Waals surface area contributed by atoms with Crippen molar-refractivity contribution in [2.75, 3.05) is 4.90 Å². The van der Waals surface area contributed by atoms with Crippen LogP contribution in [0.15, 0.2) is 67.7 Å². The van der Waals surface area contributed by atoms with Crippen LogP contribution in [0.3, 0.4) is 0 Å². The Bertz CT molecular complexity index is 1300. The number of carbonyl (C=O) groups is 1. The summed E-state index contributed by atoms with van der Waals surface area (Å²) in [7, 11) is 0. The van der Waals surface area contributed by atoms with Gasteiger partial charge in [0.25, 0.3) is 5.91 Å². The highest BCUT2D eigenvalue weighted by atomic mass is 79.9. The smallest absolute Gasteiger partial charge is 0.297 e. The van der Waals surface area contributed by atoms with Gasteiger partial charge in [0.05, 0.1) is 17.0 Å². The van der Waals surface area contributed by atoms with Crippen molar-refractivity contribution in [1.82, 2.24) is 4.98 Å². The fourth-order valence-corrected chi connectivity index (χ4v) is 4.50. The molecule has 0 spiro atoms. The van der Waals surface area contributed by atoms with Crippen LogP contribution in [0.25, 0.3) is 11.0 Å². The van der Waals surface area contributed by atoms with E-state index in [4.69, 9.17) is 4.42 Å². The number of halogens is 2. The number of hydrogen-bond acceptors (Lipinski definition) is 5. The van der Waals surface area contributed by atoms with E-state index >= 15 is 0 Å². The second kappa shape index (κ2) is 6.35. The van der Waals surface area contributed by atoms with Crippen LogP contribution >= 0.6 is 27.3 Å². The van der Waals surface area contributed by atoms with Gasteiger partial charge < -0.3 is 4.42 Å². The maximum Gasteiger partial charge on any atom is 0.297 e. The summed E-state index contributed by atoms with van der Waals surface area (Å²) >= 11 is 4.61. The van der Waals surface area contributed by atoms with Crippen LogP contribution in [0.1, 0.15) is 27.7 Å². The summed E-state index contributed by atoms with van der Waals surface area (Å²) < 4.78 is 20.5. The summed E-state index contributed by atoms with van der Waals surface area (Å²) in [6, 6.07) is 10.1. The van der Waals surface area contributed by atoms with Crippen LogP contribution in [0.2, 0.25) is 0 Å². The number of rotatable bonds is 2. The number of carbonyl (C=O) groups excluding carboxylic acids is 1. The van der Waals surface area contributed by atoms with Crippen molar-refractivity contribution in [3.05, 3.63) is 91.4 Å². The molecule has 0 aliphatic carbocycles. The van der Waals surface area contributed by atoms with Gasteiger partial charge in [0, 0.05) is 16.0 Å². The average molecular weight is 457 g/mol. The van der Waals surface area contributed by atoms with Crippen molar-refractivity contribution in [2.24, 2.45) is 0 Å². The second-order valence-electron chi connectivity index (χ2n) is 6.26. The molecule has 138 valence electrons. The number of nitrogens with zero attached hydrogens (tertiary/aromatic N) is 2. The highest BCUT2D eigenvalue weighted by molar-refractivity contribution is 9.10. The molecule has 5 nitrogen and oxygen atoms in total. The highest BCUT2D eigenvalue weighted by Crippen LogP contribution is 2.42. The fourth-order valence-electron chi connectivity index (χ4n) is 3.47. The third kappa shape index (κ3) is 2.52. The number of hydrogen-bond donors (Lipinski definition) is 0. The van der Waals surface area contributed by atoms with Gasteiger partial charge >= 0.3 is 0 Å². The molecule has 1 aliphatic rings. The summed E-state index contributed by atoms with van der Waals surface area (Å²) in [5, 5.41) is 2.50. The van der Waals surface area contributed by atoms with E-state index in [1.54, 1.807) is 41.9 Å². The zero-order chi connectivity index (χ0) is 19.4. The van der Waals surface area contributed by atoms with Crippen LogP contribution in [-0.2, 0) is 0 Å².